The van der Waals surface area contributed by atoms with Crippen molar-refractivity contribution in [2.75, 3.05) is 19.5 Å². The monoisotopic (exact) mass is 482 g/mol. The molecule has 0 aliphatic rings. The summed E-state index contributed by atoms with van der Waals surface area (Å²) in [6.07, 6.45) is 6.45. The van der Waals surface area contributed by atoms with Gasteiger partial charge in [-0.05, 0) is 20.8 Å². The number of hydrogen-bond donors (Lipinski definition) is 1. The SMILES string of the molecule is CC(C)(C)n1cc(CN(Cc2cn(CCO)nn2)Cc2cn(CCOS(C)(=O)=O)nn2)nn1. The molecule has 0 amide bonds. The Bertz CT molecular complexity index is 1130. The highest BCUT2D eigenvalue weighted by Gasteiger charge is 2.18. The number of aliphatic hydroxyl groups excluding tert-OH is 1. The van der Waals surface area contributed by atoms with Gasteiger partial charge in [-0.2, -0.15) is 8.42 Å². The minimum Gasteiger partial charge on any atom is -0.394 e. The van der Waals surface area contributed by atoms with Crippen LogP contribution in [-0.2, 0) is 52.6 Å². The van der Waals surface area contributed by atoms with E-state index in [9.17, 15) is 8.42 Å². The lowest BCUT2D eigenvalue weighted by Crippen LogP contribution is -2.24. The topological polar surface area (TPSA) is 159 Å². The molecule has 0 bridgehead atoms. The van der Waals surface area contributed by atoms with Gasteiger partial charge in [0.15, 0.2) is 0 Å². The summed E-state index contributed by atoms with van der Waals surface area (Å²) in [5, 5.41) is 34.0. The molecule has 182 valence electrons. The first-order chi connectivity index (χ1) is 15.5. The summed E-state index contributed by atoms with van der Waals surface area (Å²) >= 11 is 0. The van der Waals surface area contributed by atoms with Gasteiger partial charge >= 0.3 is 0 Å². The Morgan fingerprint density at radius 2 is 1.42 bits per heavy atom. The van der Waals surface area contributed by atoms with Crippen molar-refractivity contribution in [3.63, 3.8) is 0 Å². The smallest absolute Gasteiger partial charge is 0.264 e. The fourth-order valence-corrected chi connectivity index (χ4v) is 3.36. The molecule has 0 aliphatic carbocycles. The van der Waals surface area contributed by atoms with Gasteiger partial charge in [0.1, 0.15) is 0 Å². The van der Waals surface area contributed by atoms with Gasteiger partial charge < -0.3 is 5.11 Å². The van der Waals surface area contributed by atoms with E-state index in [1.165, 1.54) is 4.68 Å². The van der Waals surface area contributed by atoms with E-state index < -0.39 is 10.1 Å². The van der Waals surface area contributed by atoms with E-state index in [2.05, 4.69) is 56.6 Å². The number of aliphatic hydroxyl groups is 1. The van der Waals surface area contributed by atoms with Crippen LogP contribution < -0.4 is 0 Å². The van der Waals surface area contributed by atoms with Crippen molar-refractivity contribution in [2.45, 2.75) is 59.0 Å². The van der Waals surface area contributed by atoms with Crippen LogP contribution in [0.4, 0.5) is 0 Å². The van der Waals surface area contributed by atoms with Crippen molar-refractivity contribution in [3.8, 4) is 0 Å². The Balaban J connectivity index is 1.70. The molecular formula is C18H30N10O4S. The lowest BCUT2D eigenvalue weighted by molar-refractivity contribution is 0.238. The van der Waals surface area contributed by atoms with E-state index in [1.54, 1.807) is 17.1 Å². The molecule has 0 unspecified atom stereocenters. The van der Waals surface area contributed by atoms with Crippen LogP contribution >= 0.6 is 0 Å². The number of hydrogen-bond acceptors (Lipinski definition) is 11. The van der Waals surface area contributed by atoms with Crippen LogP contribution in [0.1, 0.15) is 37.9 Å². The zero-order valence-corrected chi connectivity index (χ0v) is 20.1. The average molecular weight is 483 g/mol. The molecule has 0 saturated carbocycles. The molecule has 33 heavy (non-hydrogen) atoms. The van der Waals surface area contributed by atoms with Gasteiger partial charge in [0.25, 0.3) is 10.1 Å². The van der Waals surface area contributed by atoms with Gasteiger partial charge in [-0.15, -0.1) is 15.3 Å². The molecule has 3 heterocycles. The molecule has 3 aromatic heterocycles. The highest BCUT2D eigenvalue weighted by atomic mass is 32.2. The molecule has 0 aromatic carbocycles. The number of aromatic nitrogens is 9. The number of nitrogens with zero attached hydrogens (tertiary/aromatic N) is 10. The van der Waals surface area contributed by atoms with Crippen LogP contribution in [0, 0.1) is 0 Å². The van der Waals surface area contributed by atoms with Gasteiger partial charge in [0.2, 0.25) is 0 Å². The highest BCUT2D eigenvalue weighted by Crippen LogP contribution is 2.15. The molecule has 0 fully saturated rings. The van der Waals surface area contributed by atoms with Crippen LogP contribution in [0.5, 0.6) is 0 Å². The van der Waals surface area contributed by atoms with E-state index in [0.29, 0.717) is 31.9 Å². The third kappa shape index (κ3) is 7.96. The van der Waals surface area contributed by atoms with Crippen LogP contribution in [0.25, 0.3) is 0 Å². The second-order valence-electron chi connectivity index (χ2n) is 8.67. The quantitative estimate of drug-likeness (QED) is 0.328. The van der Waals surface area contributed by atoms with E-state index in [0.717, 1.165) is 17.6 Å². The van der Waals surface area contributed by atoms with Gasteiger partial charge in [0.05, 0.1) is 61.4 Å². The second kappa shape index (κ2) is 10.5. The fraction of sp³-hybridized carbons (Fsp3) is 0.667. The van der Waals surface area contributed by atoms with Crippen LogP contribution in [0.2, 0.25) is 0 Å². The maximum Gasteiger partial charge on any atom is 0.264 e. The van der Waals surface area contributed by atoms with Gasteiger partial charge in [-0.1, -0.05) is 15.6 Å². The zero-order chi connectivity index (χ0) is 24.1. The Hall–Kier alpha value is -2.75. The average Bonchev–Trinajstić information content (AvgIpc) is 3.43. The molecule has 15 heteroatoms. The summed E-state index contributed by atoms with van der Waals surface area (Å²) in [5.41, 5.74) is 2.04. The molecule has 0 radical (unpaired) electrons. The molecule has 0 atom stereocenters. The second-order valence-corrected chi connectivity index (χ2v) is 10.3. The zero-order valence-electron chi connectivity index (χ0n) is 19.2. The molecule has 1 N–H and O–H groups in total. The summed E-state index contributed by atoms with van der Waals surface area (Å²) in [6, 6.07) is 0. The minimum atomic E-state index is -3.50. The molecule has 0 spiro atoms. The predicted molar refractivity (Wildman–Crippen MR) is 116 cm³/mol. The maximum atomic E-state index is 11.1. The van der Waals surface area contributed by atoms with Crippen molar-refractivity contribution in [1.29, 1.82) is 0 Å². The van der Waals surface area contributed by atoms with Crippen LogP contribution in [-0.4, -0.2) is 82.9 Å². The Labute approximate surface area is 192 Å². The normalized spacial score (nSPS) is 12.7. The van der Waals surface area contributed by atoms with Crippen molar-refractivity contribution in [1.82, 2.24) is 49.9 Å². The molecule has 3 aromatic rings. The lowest BCUT2D eigenvalue weighted by Gasteiger charge is -2.19. The van der Waals surface area contributed by atoms with Gasteiger partial charge in [-0.3, -0.25) is 9.08 Å². The van der Waals surface area contributed by atoms with E-state index >= 15 is 0 Å². The lowest BCUT2D eigenvalue weighted by atomic mass is 10.1. The third-order valence-corrected chi connectivity index (χ3v) is 5.10. The largest absolute Gasteiger partial charge is 0.394 e. The Morgan fingerprint density at radius 1 is 0.909 bits per heavy atom. The van der Waals surface area contributed by atoms with Gasteiger partial charge in [-0.25, -0.2) is 14.0 Å². The highest BCUT2D eigenvalue weighted by molar-refractivity contribution is 7.85. The summed E-state index contributed by atoms with van der Waals surface area (Å²) in [4.78, 5) is 2.08. The van der Waals surface area contributed by atoms with E-state index in [-0.39, 0.29) is 25.3 Å². The maximum absolute atomic E-state index is 11.1. The molecule has 3 rings (SSSR count). The van der Waals surface area contributed by atoms with Crippen molar-refractivity contribution in [3.05, 3.63) is 35.7 Å². The Morgan fingerprint density at radius 3 is 1.91 bits per heavy atom. The third-order valence-electron chi connectivity index (χ3n) is 4.50. The summed E-state index contributed by atoms with van der Waals surface area (Å²) in [5.74, 6) is 0. The summed E-state index contributed by atoms with van der Waals surface area (Å²) < 4.78 is 31.9. The summed E-state index contributed by atoms with van der Waals surface area (Å²) in [7, 11) is -3.50. The molecule has 0 saturated heterocycles. The fourth-order valence-electron chi connectivity index (χ4n) is 2.98. The molecule has 0 aliphatic heterocycles. The van der Waals surface area contributed by atoms with Crippen molar-refractivity contribution < 1.29 is 17.7 Å². The summed E-state index contributed by atoms with van der Waals surface area (Å²) in [6.45, 7) is 8.15. The van der Waals surface area contributed by atoms with Crippen molar-refractivity contribution >= 4 is 10.1 Å². The van der Waals surface area contributed by atoms with Crippen molar-refractivity contribution in [2.24, 2.45) is 0 Å². The van der Waals surface area contributed by atoms with Crippen LogP contribution in [0.3, 0.4) is 0 Å². The standard InChI is InChI=1S/C18H30N10O4S/c1-18(2,3)28-14-17(21-24-28)11-25(9-15-12-26(5-7-29)22-19-15)10-16-13-27(23-20-16)6-8-32-33(4,30)31/h12-14,29H,5-11H2,1-4H3. The first-order valence-corrected chi connectivity index (χ1v) is 12.2. The minimum absolute atomic E-state index is 0.0186. The molecule has 14 nitrogen and oxygen atoms in total. The first kappa shape index (κ1) is 24.9. The molecular weight excluding hydrogens is 452 g/mol. The van der Waals surface area contributed by atoms with Gasteiger partial charge in [0, 0.05) is 32.0 Å². The van der Waals surface area contributed by atoms with E-state index in [1.807, 2.05) is 10.9 Å². The first-order valence-electron chi connectivity index (χ1n) is 10.4. The Kier molecular flexibility index (Phi) is 7.88. The number of rotatable bonds is 12. The van der Waals surface area contributed by atoms with E-state index in [4.69, 9.17) is 9.29 Å². The van der Waals surface area contributed by atoms with Crippen LogP contribution in [0.15, 0.2) is 18.6 Å². The predicted octanol–water partition coefficient (Wildman–Crippen LogP) is -0.613.